The number of allylic oxidation sites excluding steroid dienone is 4. The lowest BCUT2D eigenvalue weighted by Gasteiger charge is -2.19. The molecule has 0 saturated carbocycles. The molecule has 1 atom stereocenters. The van der Waals surface area contributed by atoms with Crippen molar-refractivity contribution in [3.8, 4) is 0 Å². The van der Waals surface area contributed by atoms with Gasteiger partial charge in [-0.2, -0.15) is 0 Å². The van der Waals surface area contributed by atoms with Gasteiger partial charge in [-0.1, -0.05) is 75.2 Å². The first-order valence-electron chi connectivity index (χ1n) is 9.32. The zero-order valence-corrected chi connectivity index (χ0v) is 13.4. The zero-order valence-electron chi connectivity index (χ0n) is 13.4. The van der Waals surface area contributed by atoms with Gasteiger partial charge in [0.15, 0.2) is 0 Å². The van der Waals surface area contributed by atoms with Crippen LogP contribution < -0.4 is 0 Å². The molecule has 0 aromatic heterocycles. The highest BCUT2D eigenvalue weighted by atomic mass is 14.2. The van der Waals surface area contributed by atoms with Gasteiger partial charge in [-0.15, -0.1) is 0 Å². The van der Waals surface area contributed by atoms with Gasteiger partial charge in [0.2, 0.25) is 0 Å². The molecular weight excluding hydrogens is 240 g/mol. The maximum Gasteiger partial charge on any atom is -0.00233 e. The van der Waals surface area contributed by atoms with E-state index in [1.165, 1.54) is 96.3 Å². The lowest BCUT2D eigenvalue weighted by Crippen LogP contribution is -2.04. The Kier molecular flexibility index (Phi) is 8.12. The topological polar surface area (TPSA) is 0 Å². The number of hydrogen-bond donors (Lipinski definition) is 0. The third-order valence-corrected chi connectivity index (χ3v) is 5.06. The molecule has 0 fully saturated rings. The summed E-state index contributed by atoms with van der Waals surface area (Å²) in [5.41, 5.74) is 1.78. The predicted octanol–water partition coefficient (Wildman–Crippen LogP) is 6.96. The van der Waals surface area contributed by atoms with Crippen LogP contribution in [0.3, 0.4) is 0 Å². The Hall–Kier alpha value is -0.520. The molecular formula is C20H34. The third-order valence-electron chi connectivity index (χ3n) is 5.06. The molecule has 0 heteroatoms. The van der Waals surface area contributed by atoms with E-state index in [-0.39, 0.29) is 0 Å². The maximum absolute atomic E-state index is 2.62. The Labute approximate surface area is 126 Å². The minimum absolute atomic E-state index is 0.771. The summed E-state index contributed by atoms with van der Waals surface area (Å²) in [5, 5.41) is 0. The summed E-state index contributed by atoms with van der Waals surface area (Å²) in [7, 11) is 0. The molecule has 0 aromatic carbocycles. The Morgan fingerprint density at radius 1 is 0.650 bits per heavy atom. The van der Waals surface area contributed by atoms with Gasteiger partial charge in [0.1, 0.15) is 0 Å². The molecule has 114 valence electrons. The van der Waals surface area contributed by atoms with E-state index >= 15 is 0 Å². The largest absolute Gasteiger partial charge is 0.0879 e. The molecule has 0 heterocycles. The molecule has 0 N–H and O–H groups in total. The molecule has 20 heavy (non-hydrogen) atoms. The van der Waals surface area contributed by atoms with Crippen molar-refractivity contribution in [1.29, 1.82) is 0 Å². The van der Waals surface area contributed by atoms with E-state index in [9.17, 15) is 0 Å². The van der Waals surface area contributed by atoms with Gasteiger partial charge in [-0.25, -0.2) is 0 Å². The molecule has 0 saturated heterocycles. The summed E-state index contributed by atoms with van der Waals surface area (Å²) in [5.74, 6) is 0.771. The van der Waals surface area contributed by atoms with E-state index in [0.717, 1.165) is 5.92 Å². The van der Waals surface area contributed by atoms with Crippen LogP contribution in [0.1, 0.15) is 96.3 Å². The maximum atomic E-state index is 2.62. The van der Waals surface area contributed by atoms with Gasteiger partial charge >= 0.3 is 0 Å². The van der Waals surface area contributed by atoms with Gasteiger partial charge in [-0.3, -0.25) is 0 Å². The van der Waals surface area contributed by atoms with E-state index in [1.807, 2.05) is 0 Å². The summed E-state index contributed by atoms with van der Waals surface area (Å²) in [6.07, 6.45) is 28.9. The second kappa shape index (κ2) is 10.2. The lowest BCUT2D eigenvalue weighted by molar-refractivity contribution is 0.521. The first kappa shape index (κ1) is 15.9. The van der Waals surface area contributed by atoms with Crippen molar-refractivity contribution >= 4 is 0 Å². The average Bonchev–Trinajstić information content (AvgIpc) is 2.50. The summed E-state index contributed by atoms with van der Waals surface area (Å²) in [6, 6.07) is 0. The standard InChI is InChI=1S/C20H34/c1-3-7-11-15-19(16-12-8-4-1)20-17-13-9-5-2-6-10-14-18-20/h11,15,17,19H,1-10,12-14,16,18H2/b15-11-,20-17+. The molecule has 0 bridgehead atoms. The minimum Gasteiger partial charge on any atom is -0.0879 e. The molecule has 0 amide bonds. The van der Waals surface area contributed by atoms with Crippen molar-refractivity contribution in [2.45, 2.75) is 96.3 Å². The van der Waals surface area contributed by atoms with E-state index in [0.29, 0.717) is 0 Å². The van der Waals surface area contributed by atoms with Crippen LogP contribution in [-0.4, -0.2) is 0 Å². The van der Waals surface area contributed by atoms with Crippen molar-refractivity contribution in [3.05, 3.63) is 23.8 Å². The normalized spacial score (nSPS) is 31.8. The van der Waals surface area contributed by atoms with Crippen LogP contribution in [0.25, 0.3) is 0 Å². The Morgan fingerprint density at radius 3 is 2.15 bits per heavy atom. The van der Waals surface area contributed by atoms with E-state index in [2.05, 4.69) is 18.2 Å². The molecule has 2 aliphatic rings. The highest BCUT2D eigenvalue weighted by Crippen LogP contribution is 2.28. The second-order valence-corrected chi connectivity index (χ2v) is 6.82. The first-order valence-corrected chi connectivity index (χ1v) is 9.32. The Morgan fingerprint density at radius 2 is 1.30 bits per heavy atom. The van der Waals surface area contributed by atoms with Crippen LogP contribution >= 0.6 is 0 Å². The van der Waals surface area contributed by atoms with Gasteiger partial charge in [0, 0.05) is 0 Å². The monoisotopic (exact) mass is 274 g/mol. The van der Waals surface area contributed by atoms with Crippen LogP contribution in [-0.2, 0) is 0 Å². The van der Waals surface area contributed by atoms with Crippen molar-refractivity contribution in [3.63, 3.8) is 0 Å². The molecule has 0 aliphatic heterocycles. The fourth-order valence-corrected chi connectivity index (χ4v) is 3.73. The van der Waals surface area contributed by atoms with Gasteiger partial charge in [-0.05, 0) is 50.9 Å². The van der Waals surface area contributed by atoms with Crippen molar-refractivity contribution in [2.75, 3.05) is 0 Å². The summed E-state index contributed by atoms with van der Waals surface area (Å²) < 4.78 is 0. The summed E-state index contributed by atoms with van der Waals surface area (Å²) in [4.78, 5) is 0. The molecule has 2 aliphatic carbocycles. The molecule has 2 rings (SSSR count). The minimum atomic E-state index is 0.771. The van der Waals surface area contributed by atoms with E-state index in [4.69, 9.17) is 0 Å². The van der Waals surface area contributed by atoms with E-state index in [1.54, 1.807) is 5.57 Å². The van der Waals surface area contributed by atoms with E-state index < -0.39 is 0 Å². The van der Waals surface area contributed by atoms with Gasteiger partial charge in [0.05, 0.1) is 0 Å². The summed E-state index contributed by atoms with van der Waals surface area (Å²) in [6.45, 7) is 0. The van der Waals surface area contributed by atoms with Crippen LogP contribution in [0.5, 0.6) is 0 Å². The van der Waals surface area contributed by atoms with Crippen LogP contribution in [0.15, 0.2) is 23.8 Å². The van der Waals surface area contributed by atoms with Crippen molar-refractivity contribution in [2.24, 2.45) is 5.92 Å². The number of rotatable bonds is 1. The molecule has 1 unspecified atom stereocenters. The van der Waals surface area contributed by atoms with Crippen LogP contribution in [0.2, 0.25) is 0 Å². The van der Waals surface area contributed by atoms with Crippen LogP contribution in [0, 0.1) is 5.92 Å². The zero-order chi connectivity index (χ0) is 13.9. The smallest absolute Gasteiger partial charge is 0.00233 e. The average molecular weight is 274 g/mol. The molecule has 0 radical (unpaired) electrons. The van der Waals surface area contributed by atoms with Gasteiger partial charge in [0.25, 0.3) is 0 Å². The van der Waals surface area contributed by atoms with Crippen molar-refractivity contribution in [1.82, 2.24) is 0 Å². The molecule has 0 nitrogen and oxygen atoms in total. The highest BCUT2D eigenvalue weighted by Gasteiger charge is 2.12. The fourth-order valence-electron chi connectivity index (χ4n) is 3.73. The number of hydrogen-bond acceptors (Lipinski definition) is 0. The SMILES string of the molecule is C1=C\C(/C2=C/CCCCCCCC2)CCCCCCC/1. The second-order valence-electron chi connectivity index (χ2n) is 6.82. The Balaban J connectivity index is 1.96. The van der Waals surface area contributed by atoms with Gasteiger partial charge < -0.3 is 0 Å². The highest BCUT2D eigenvalue weighted by molar-refractivity contribution is 5.14. The lowest BCUT2D eigenvalue weighted by atomic mass is 9.86. The third kappa shape index (κ3) is 6.29. The predicted molar refractivity (Wildman–Crippen MR) is 90.0 cm³/mol. The van der Waals surface area contributed by atoms with Crippen molar-refractivity contribution < 1.29 is 0 Å². The summed E-state index contributed by atoms with van der Waals surface area (Å²) >= 11 is 0. The first-order chi connectivity index (χ1) is 9.97. The van der Waals surface area contributed by atoms with Crippen LogP contribution in [0.4, 0.5) is 0 Å². The molecule has 0 spiro atoms. The Bertz CT molecular complexity index is 297. The molecule has 0 aromatic rings. The fraction of sp³-hybridized carbons (Fsp3) is 0.800. The quantitative estimate of drug-likeness (QED) is 0.453.